The molecule has 0 aliphatic heterocycles. The van der Waals surface area contributed by atoms with E-state index in [4.69, 9.17) is 16.3 Å². The summed E-state index contributed by atoms with van der Waals surface area (Å²) in [6, 6.07) is 17.8. The number of halogens is 1. The van der Waals surface area contributed by atoms with Crippen molar-refractivity contribution in [3.8, 4) is 5.75 Å². The summed E-state index contributed by atoms with van der Waals surface area (Å²) in [6.07, 6.45) is 1.06. The zero-order chi connectivity index (χ0) is 18.5. The maximum atomic E-state index is 12.2. The third kappa shape index (κ3) is 4.36. The molecule has 3 rings (SSSR count). The number of hydrogen-bond donors (Lipinski definition) is 1. The van der Waals surface area contributed by atoms with Crippen LogP contribution < -0.4 is 10.1 Å². The van der Waals surface area contributed by atoms with Gasteiger partial charge in [-0.2, -0.15) is 0 Å². The van der Waals surface area contributed by atoms with Gasteiger partial charge in [0, 0.05) is 22.5 Å². The molecule has 1 N–H and O–H groups in total. The first kappa shape index (κ1) is 18.3. The van der Waals surface area contributed by atoms with E-state index in [1.807, 2.05) is 68.4 Å². The van der Waals surface area contributed by atoms with Crippen LogP contribution in [0, 0.1) is 13.8 Å². The van der Waals surface area contributed by atoms with Crippen molar-refractivity contribution in [1.29, 1.82) is 0 Å². The van der Waals surface area contributed by atoms with Gasteiger partial charge in [-0.3, -0.25) is 4.79 Å². The Balaban J connectivity index is 1.52. The lowest BCUT2D eigenvalue weighted by Crippen LogP contribution is -2.13. The third-order valence-electron chi connectivity index (χ3n) is 4.29. The fraction of sp³-hybridized carbons (Fsp3) is 0.227. The van der Waals surface area contributed by atoms with E-state index in [-0.39, 0.29) is 5.91 Å². The molecule has 134 valence electrons. The van der Waals surface area contributed by atoms with E-state index in [1.165, 1.54) is 0 Å². The monoisotopic (exact) mass is 367 g/mol. The van der Waals surface area contributed by atoms with Crippen LogP contribution in [0.2, 0.25) is 5.02 Å². The Kier molecular flexibility index (Phi) is 5.79. The summed E-state index contributed by atoms with van der Waals surface area (Å²) >= 11 is 6.16. The van der Waals surface area contributed by atoms with Crippen molar-refractivity contribution in [1.82, 2.24) is 0 Å². The maximum Gasteiger partial charge on any atom is 0.224 e. The molecule has 0 saturated heterocycles. The molecular formula is C22H22ClNO2. The van der Waals surface area contributed by atoms with Crippen molar-refractivity contribution in [3.05, 3.63) is 70.7 Å². The molecule has 0 heterocycles. The summed E-state index contributed by atoms with van der Waals surface area (Å²) in [4.78, 5) is 12.2. The molecule has 0 fully saturated rings. The highest BCUT2D eigenvalue weighted by molar-refractivity contribution is 6.32. The minimum absolute atomic E-state index is 0.00609. The molecule has 0 unspecified atom stereocenters. The third-order valence-corrected chi connectivity index (χ3v) is 4.89. The number of fused-ring (bicyclic) bond motifs is 1. The Hall–Kier alpha value is -2.52. The van der Waals surface area contributed by atoms with Crippen LogP contribution in [0.25, 0.3) is 10.8 Å². The fourth-order valence-corrected chi connectivity index (χ4v) is 3.07. The van der Waals surface area contributed by atoms with Crippen LogP contribution in [-0.4, -0.2) is 12.5 Å². The second-order valence-electron chi connectivity index (χ2n) is 6.40. The molecule has 3 aromatic rings. The van der Waals surface area contributed by atoms with Gasteiger partial charge in [0.25, 0.3) is 0 Å². The SMILES string of the molecule is Cc1cc(OCCCC(=O)Nc2cccc3ccccc23)cc(C)c1Cl. The Labute approximate surface area is 158 Å². The number of aryl methyl sites for hydroxylation is 2. The van der Waals surface area contributed by atoms with E-state index in [0.717, 1.165) is 38.4 Å². The van der Waals surface area contributed by atoms with Gasteiger partial charge in [-0.15, -0.1) is 0 Å². The highest BCUT2D eigenvalue weighted by Gasteiger charge is 2.07. The summed E-state index contributed by atoms with van der Waals surface area (Å²) in [5.74, 6) is 0.785. The van der Waals surface area contributed by atoms with Crippen molar-refractivity contribution in [2.24, 2.45) is 0 Å². The first-order valence-corrected chi connectivity index (χ1v) is 9.09. The quantitative estimate of drug-likeness (QED) is 0.550. The molecule has 0 aromatic heterocycles. The number of nitrogens with one attached hydrogen (secondary N) is 1. The normalized spacial score (nSPS) is 10.7. The summed E-state index contributed by atoms with van der Waals surface area (Å²) in [7, 11) is 0. The van der Waals surface area contributed by atoms with Crippen molar-refractivity contribution >= 4 is 34.0 Å². The second-order valence-corrected chi connectivity index (χ2v) is 6.78. The molecule has 0 spiro atoms. The Bertz CT molecular complexity index is 908. The number of carbonyl (C=O) groups is 1. The van der Waals surface area contributed by atoms with Gasteiger partial charge in [-0.05, 0) is 55.0 Å². The topological polar surface area (TPSA) is 38.3 Å². The molecule has 0 atom stereocenters. The average molecular weight is 368 g/mol. The minimum atomic E-state index is -0.00609. The van der Waals surface area contributed by atoms with Gasteiger partial charge < -0.3 is 10.1 Å². The van der Waals surface area contributed by atoms with Gasteiger partial charge in [0.05, 0.1) is 6.61 Å². The highest BCUT2D eigenvalue weighted by atomic mass is 35.5. The smallest absolute Gasteiger partial charge is 0.224 e. The Morgan fingerprint density at radius 1 is 1.04 bits per heavy atom. The van der Waals surface area contributed by atoms with Crippen LogP contribution in [-0.2, 0) is 4.79 Å². The van der Waals surface area contributed by atoms with Gasteiger partial charge in [-0.1, -0.05) is 48.0 Å². The van der Waals surface area contributed by atoms with Crippen molar-refractivity contribution in [2.75, 3.05) is 11.9 Å². The molecule has 0 bridgehead atoms. The van der Waals surface area contributed by atoms with Crippen LogP contribution in [0.4, 0.5) is 5.69 Å². The first-order valence-electron chi connectivity index (χ1n) is 8.72. The predicted molar refractivity (Wildman–Crippen MR) is 108 cm³/mol. The van der Waals surface area contributed by atoms with Crippen molar-refractivity contribution < 1.29 is 9.53 Å². The van der Waals surface area contributed by atoms with Gasteiger partial charge in [-0.25, -0.2) is 0 Å². The number of carbonyl (C=O) groups excluding carboxylic acids is 1. The maximum absolute atomic E-state index is 12.2. The van der Waals surface area contributed by atoms with Crippen LogP contribution >= 0.6 is 11.6 Å². The van der Waals surface area contributed by atoms with Gasteiger partial charge in [0.2, 0.25) is 5.91 Å². The second kappa shape index (κ2) is 8.24. The van der Waals surface area contributed by atoms with E-state index in [1.54, 1.807) is 0 Å². The molecule has 0 aliphatic rings. The largest absolute Gasteiger partial charge is 0.494 e. The molecule has 1 amide bonds. The van der Waals surface area contributed by atoms with Crippen LogP contribution in [0.3, 0.4) is 0 Å². The van der Waals surface area contributed by atoms with Crippen molar-refractivity contribution in [2.45, 2.75) is 26.7 Å². The molecule has 26 heavy (non-hydrogen) atoms. The minimum Gasteiger partial charge on any atom is -0.494 e. The average Bonchev–Trinajstić information content (AvgIpc) is 2.63. The molecule has 3 nitrogen and oxygen atoms in total. The van der Waals surface area contributed by atoms with Gasteiger partial charge >= 0.3 is 0 Å². The van der Waals surface area contributed by atoms with E-state index in [2.05, 4.69) is 5.32 Å². The Morgan fingerprint density at radius 3 is 2.50 bits per heavy atom. The number of ether oxygens (including phenoxy) is 1. The highest BCUT2D eigenvalue weighted by Crippen LogP contribution is 2.26. The zero-order valence-electron chi connectivity index (χ0n) is 15.0. The number of hydrogen-bond acceptors (Lipinski definition) is 2. The molecular weight excluding hydrogens is 346 g/mol. The standard InChI is InChI=1S/C22H22ClNO2/c1-15-13-18(14-16(2)22(15)23)26-12-6-11-21(25)24-20-10-5-8-17-7-3-4-9-19(17)20/h3-5,7-10,13-14H,6,11-12H2,1-2H3,(H,24,25). The summed E-state index contributed by atoms with van der Waals surface area (Å²) in [5.41, 5.74) is 2.84. The number of rotatable bonds is 6. The lowest BCUT2D eigenvalue weighted by molar-refractivity contribution is -0.116. The lowest BCUT2D eigenvalue weighted by Gasteiger charge is -2.11. The lowest BCUT2D eigenvalue weighted by atomic mass is 10.1. The first-order chi connectivity index (χ1) is 12.5. The molecule has 4 heteroatoms. The number of benzene rings is 3. The van der Waals surface area contributed by atoms with E-state index < -0.39 is 0 Å². The fourth-order valence-electron chi connectivity index (χ4n) is 2.96. The summed E-state index contributed by atoms with van der Waals surface area (Å²) in [5, 5.41) is 5.93. The van der Waals surface area contributed by atoms with Gasteiger partial charge in [0.1, 0.15) is 5.75 Å². The van der Waals surface area contributed by atoms with Crippen LogP contribution in [0.1, 0.15) is 24.0 Å². The number of anilines is 1. The summed E-state index contributed by atoms with van der Waals surface area (Å²) in [6.45, 7) is 4.41. The predicted octanol–water partition coefficient (Wildman–Crippen LogP) is 5.91. The molecule has 3 aromatic carbocycles. The molecule has 0 aliphatic carbocycles. The van der Waals surface area contributed by atoms with E-state index >= 15 is 0 Å². The van der Waals surface area contributed by atoms with Crippen LogP contribution in [0.15, 0.2) is 54.6 Å². The Morgan fingerprint density at radius 2 is 1.73 bits per heavy atom. The van der Waals surface area contributed by atoms with E-state index in [0.29, 0.717) is 19.4 Å². The van der Waals surface area contributed by atoms with Crippen LogP contribution in [0.5, 0.6) is 5.75 Å². The molecule has 0 saturated carbocycles. The van der Waals surface area contributed by atoms with Crippen molar-refractivity contribution in [3.63, 3.8) is 0 Å². The van der Waals surface area contributed by atoms with E-state index in [9.17, 15) is 4.79 Å². The summed E-state index contributed by atoms with van der Waals surface area (Å²) < 4.78 is 5.75. The van der Waals surface area contributed by atoms with Gasteiger partial charge in [0.15, 0.2) is 0 Å². The number of amides is 1. The molecule has 0 radical (unpaired) electrons. The zero-order valence-corrected chi connectivity index (χ0v) is 15.8.